The number of nitrogens with zero attached hydrogens (tertiary/aromatic N) is 1. The van der Waals surface area contributed by atoms with Crippen LogP contribution in [0, 0.1) is 12.8 Å². The number of carbonyl (C=O) groups is 1. The molecule has 0 spiro atoms. The van der Waals surface area contributed by atoms with E-state index in [0.29, 0.717) is 0 Å². The average molecular weight is 334 g/mol. The van der Waals surface area contributed by atoms with Gasteiger partial charge in [-0.15, -0.1) is 0 Å². The smallest absolute Gasteiger partial charge is 0.273 e. The number of aromatic amines is 1. The van der Waals surface area contributed by atoms with Gasteiger partial charge in [0, 0.05) is 16.7 Å². The minimum Gasteiger partial charge on any atom is -0.348 e. The molecule has 1 aromatic heterocycles. The van der Waals surface area contributed by atoms with Gasteiger partial charge >= 0.3 is 0 Å². The van der Waals surface area contributed by atoms with Gasteiger partial charge in [0.05, 0.1) is 5.69 Å². The molecule has 21 heavy (non-hydrogen) atoms. The zero-order valence-corrected chi connectivity index (χ0v) is 13.7. The highest BCUT2D eigenvalue weighted by Gasteiger charge is 2.29. The van der Waals surface area contributed by atoms with E-state index in [9.17, 15) is 13.2 Å². The molecule has 0 unspecified atom stereocenters. The van der Waals surface area contributed by atoms with Crippen LogP contribution in [0.2, 0.25) is 0 Å². The molecule has 1 aliphatic rings. The number of amides is 1. The second-order valence-electron chi connectivity index (χ2n) is 5.56. The van der Waals surface area contributed by atoms with Crippen molar-refractivity contribution in [2.24, 2.45) is 5.92 Å². The lowest BCUT2D eigenvalue weighted by Gasteiger charge is -2.28. The summed E-state index contributed by atoms with van der Waals surface area (Å²) >= 11 is 0. The summed E-state index contributed by atoms with van der Waals surface area (Å²) in [6.45, 7) is 3.69. The van der Waals surface area contributed by atoms with Crippen LogP contribution in [-0.4, -0.2) is 30.6 Å². The second kappa shape index (κ2) is 6.36. The van der Waals surface area contributed by atoms with Crippen molar-refractivity contribution in [1.29, 1.82) is 0 Å². The number of nitrogens with one attached hydrogen (secondary N) is 2. The van der Waals surface area contributed by atoms with E-state index in [1.54, 1.807) is 0 Å². The Kier molecular flexibility index (Phi) is 4.93. The Labute approximate surface area is 129 Å². The molecule has 1 saturated carbocycles. The Hall–Kier alpha value is -1.08. The molecule has 0 radical (unpaired) electrons. The average Bonchev–Trinajstić information content (AvgIpc) is 2.81. The third-order valence-corrected chi connectivity index (χ3v) is 5.56. The molecular weight excluding hydrogens is 314 g/mol. The molecule has 0 bridgehead atoms. The van der Waals surface area contributed by atoms with Gasteiger partial charge in [-0.1, -0.05) is 13.3 Å². The summed E-state index contributed by atoms with van der Waals surface area (Å²) in [7, 11) is 1.37. The normalized spacial score (nSPS) is 23.0. The highest BCUT2D eigenvalue weighted by Crippen LogP contribution is 2.27. The zero-order valence-electron chi connectivity index (χ0n) is 12.1. The standard InChI is InChI=1S/C13H20ClN3O3S/c1-3-9-4-6-10(7-5-9)15-13(18)11-12(21(14,19)20)8(2)16-17-11/h9-10H,3-7H2,1-2H3,(H,15,18)(H,16,17). The van der Waals surface area contributed by atoms with Crippen LogP contribution in [0.1, 0.15) is 55.2 Å². The largest absolute Gasteiger partial charge is 0.348 e. The van der Waals surface area contributed by atoms with E-state index in [2.05, 4.69) is 22.4 Å². The van der Waals surface area contributed by atoms with Crippen molar-refractivity contribution in [3.63, 3.8) is 0 Å². The van der Waals surface area contributed by atoms with Gasteiger partial charge in [0.2, 0.25) is 0 Å². The van der Waals surface area contributed by atoms with Gasteiger partial charge in [-0.05, 0) is 38.5 Å². The summed E-state index contributed by atoms with van der Waals surface area (Å²) < 4.78 is 23.1. The number of halogens is 1. The molecule has 2 rings (SSSR count). The lowest BCUT2D eigenvalue weighted by Crippen LogP contribution is -2.38. The van der Waals surface area contributed by atoms with Crippen molar-refractivity contribution in [1.82, 2.24) is 15.5 Å². The molecule has 118 valence electrons. The molecule has 1 aromatic rings. The van der Waals surface area contributed by atoms with E-state index in [4.69, 9.17) is 10.7 Å². The summed E-state index contributed by atoms with van der Waals surface area (Å²) in [4.78, 5) is 12.0. The number of rotatable bonds is 4. The molecule has 0 aromatic carbocycles. The minimum atomic E-state index is -4.00. The van der Waals surface area contributed by atoms with E-state index in [0.717, 1.165) is 38.0 Å². The fourth-order valence-electron chi connectivity index (χ4n) is 2.84. The van der Waals surface area contributed by atoms with Crippen molar-refractivity contribution >= 4 is 25.6 Å². The summed E-state index contributed by atoms with van der Waals surface area (Å²) in [6, 6.07) is 0.0724. The monoisotopic (exact) mass is 333 g/mol. The predicted molar refractivity (Wildman–Crippen MR) is 79.9 cm³/mol. The SMILES string of the molecule is CCC1CCC(NC(=O)c2n[nH]c(C)c2S(=O)(=O)Cl)CC1. The number of H-pyrrole nitrogens is 1. The Morgan fingerprint density at radius 3 is 2.52 bits per heavy atom. The highest BCUT2D eigenvalue weighted by atomic mass is 35.7. The topological polar surface area (TPSA) is 91.9 Å². The van der Waals surface area contributed by atoms with Crippen LogP contribution in [0.15, 0.2) is 4.90 Å². The second-order valence-corrected chi connectivity index (χ2v) is 8.07. The molecule has 2 N–H and O–H groups in total. The van der Waals surface area contributed by atoms with E-state index < -0.39 is 15.0 Å². The summed E-state index contributed by atoms with van der Waals surface area (Å²) in [5.74, 6) is 0.239. The molecule has 0 atom stereocenters. The molecule has 1 amide bonds. The third-order valence-electron chi connectivity index (χ3n) is 4.11. The molecule has 8 heteroatoms. The fraction of sp³-hybridized carbons (Fsp3) is 0.692. The Morgan fingerprint density at radius 2 is 2.00 bits per heavy atom. The number of aryl methyl sites for hydroxylation is 1. The van der Waals surface area contributed by atoms with E-state index in [-0.39, 0.29) is 22.3 Å². The number of hydrogen-bond acceptors (Lipinski definition) is 4. The van der Waals surface area contributed by atoms with Gasteiger partial charge in [-0.3, -0.25) is 9.89 Å². The maximum Gasteiger partial charge on any atom is 0.273 e. The summed E-state index contributed by atoms with van der Waals surface area (Å²) in [5.41, 5.74) is 0.116. The van der Waals surface area contributed by atoms with Crippen molar-refractivity contribution in [3.05, 3.63) is 11.4 Å². The molecular formula is C13H20ClN3O3S. The van der Waals surface area contributed by atoms with Gasteiger partial charge in [-0.2, -0.15) is 5.10 Å². The number of aromatic nitrogens is 2. The van der Waals surface area contributed by atoms with Crippen LogP contribution in [0.5, 0.6) is 0 Å². The molecule has 6 nitrogen and oxygen atoms in total. The Morgan fingerprint density at radius 1 is 1.38 bits per heavy atom. The first kappa shape index (κ1) is 16.3. The van der Waals surface area contributed by atoms with Gasteiger partial charge in [0.1, 0.15) is 4.90 Å². The van der Waals surface area contributed by atoms with Crippen LogP contribution in [-0.2, 0) is 9.05 Å². The predicted octanol–water partition coefficient (Wildman–Crippen LogP) is 2.34. The van der Waals surface area contributed by atoms with Crippen LogP contribution < -0.4 is 5.32 Å². The van der Waals surface area contributed by atoms with Crippen LogP contribution in [0.4, 0.5) is 0 Å². The molecule has 0 saturated heterocycles. The van der Waals surface area contributed by atoms with Crippen LogP contribution in [0.25, 0.3) is 0 Å². The van der Waals surface area contributed by atoms with Crippen LogP contribution in [0.3, 0.4) is 0 Å². The van der Waals surface area contributed by atoms with Gasteiger partial charge < -0.3 is 5.32 Å². The lowest BCUT2D eigenvalue weighted by molar-refractivity contribution is 0.0913. The first-order valence-electron chi connectivity index (χ1n) is 7.13. The molecule has 1 heterocycles. The highest BCUT2D eigenvalue weighted by molar-refractivity contribution is 8.13. The Bertz CT molecular complexity index is 619. The van der Waals surface area contributed by atoms with Crippen molar-refractivity contribution in [2.45, 2.75) is 56.9 Å². The fourth-order valence-corrected chi connectivity index (χ4v) is 4.19. The maximum absolute atomic E-state index is 12.2. The first-order valence-corrected chi connectivity index (χ1v) is 9.44. The summed E-state index contributed by atoms with van der Waals surface area (Å²) in [5, 5.41) is 9.14. The van der Waals surface area contributed by atoms with E-state index in [1.165, 1.54) is 6.92 Å². The van der Waals surface area contributed by atoms with E-state index in [1.807, 2.05) is 0 Å². The molecule has 1 fully saturated rings. The van der Waals surface area contributed by atoms with Gasteiger partial charge in [0.15, 0.2) is 5.69 Å². The maximum atomic E-state index is 12.2. The van der Waals surface area contributed by atoms with Gasteiger partial charge in [-0.25, -0.2) is 8.42 Å². The molecule has 0 aliphatic heterocycles. The Balaban J connectivity index is 2.09. The quantitative estimate of drug-likeness (QED) is 0.827. The summed E-state index contributed by atoms with van der Waals surface area (Å²) in [6.07, 6.45) is 5.16. The minimum absolute atomic E-state index is 0.0724. The van der Waals surface area contributed by atoms with E-state index >= 15 is 0 Å². The zero-order chi connectivity index (χ0) is 15.6. The lowest BCUT2D eigenvalue weighted by atomic mass is 9.84. The van der Waals surface area contributed by atoms with Crippen LogP contribution >= 0.6 is 10.7 Å². The van der Waals surface area contributed by atoms with Gasteiger partial charge in [0.25, 0.3) is 15.0 Å². The van der Waals surface area contributed by atoms with Crippen molar-refractivity contribution in [2.75, 3.05) is 0 Å². The third kappa shape index (κ3) is 3.77. The first-order chi connectivity index (χ1) is 9.82. The van der Waals surface area contributed by atoms with Crippen molar-refractivity contribution < 1.29 is 13.2 Å². The molecule has 1 aliphatic carbocycles. The number of hydrogen-bond donors (Lipinski definition) is 2. The van der Waals surface area contributed by atoms with Crippen molar-refractivity contribution in [3.8, 4) is 0 Å². The number of carbonyl (C=O) groups excluding carboxylic acids is 1.